The molecule has 9 nitrogen and oxygen atoms in total. The summed E-state index contributed by atoms with van der Waals surface area (Å²) in [6.45, 7) is 5.81. The molecule has 0 spiro atoms. The molecule has 0 bridgehead atoms. The minimum atomic E-state index is -1.45. The lowest BCUT2D eigenvalue weighted by molar-refractivity contribution is -0.248. The third kappa shape index (κ3) is 7.67. The quantitative estimate of drug-likeness (QED) is 0.380. The lowest BCUT2D eigenvalue weighted by Gasteiger charge is -2.43. The lowest BCUT2D eigenvalue weighted by atomic mass is 9.89. The number of benzene rings is 2. The largest absolute Gasteiger partial charge is 0.494 e. The number of halogens is 1. The van der Waals surface area contributed by atoms with Crippen LogP contribution in [0.1, 0.15) is 50.5 Å². The Morgan fingerprint density at radius 1 is 0.946 bits per heavy atom. The number of aliphatic hydroxyl groups excluding tert-OH is 1. The molecule has 10 heteroatoms. The molecule has 0 unspecified atom stereocenters. The van der Waals surface area contributed by atoms with Crippen LogP contribution in [-0.4, -0.2) is 60.6 Å². The molecule has 0 radical (unpaired) electrons. The van der Waals surface area contributed by atoms with Crippen LogP contribution in [0.2, 0.25) is 5.02 Å². The van der Waals surface area contributed by atoms with Crippen molar-refractivity contribution in [1.29, 1.82) is 0 Å². The fraction of sp³-hybridized carbons (Fsp3) is 0.444. The van der Waals surface area contributed by atoms with Crippen molar-refractivity contribution in [3.8, 4) is 5.75 Å². The Kier molecular flexibility index (Phi) is 9.91. The minimum Gasteiger partial charge on any atom is -0.494 e. The van der Waals surface area contributed by atoms with E-state index in [0.717, 1.165) is 16.9 Å². The van der Waals surface area contributed by atoms with Gasteiger partial charge in [-0.15, -0.1) is 0 Å². The van der Waals surface area contributed by atoms with Crippen LogP contribution in [-0.2, 0) is 39.8 Å². The van der Waals surface area contributed by atoms with Gasteiger partial charge in [0.05, 0.1) is 6.61 Å². The molecule has 2 aromatic carbocycles. The Labute approximate surface area is 220 Å². The first-order valence-electron chi connectivity index (χ1n) is 11.9. The summed E-state index contributed by atoms with van der Waals surface area (Å²) in [7, 11) is 0. The van der Waals surface area contributed by atoms with E-state index in [0.29, 0.717) is 23.6 Å². The highest BCUT2D eigenvalue weighted by atomic mass is 35.5. The van der Waals surface area contributed by atoms with Crippen molar-refractivity contribution in [3.63, 3.8) is 0 Å². The molecule has 0 saturated carbocycles. The van der Waals surface area contributed by atoms with E-state index in [4.69, 9.17) is 35.3 Å². The van der Waals surface area contributed by atoms with E-state index in [9.17, 15) is 19.5 Å². The van der Waals surface area contributed by atoms with Crippen molar-refractivity contribution in [2.45, 2.75) is 64.6 Å². The van der Waals surface area contributed by atoms with Crippen molar-refractivity contribution < 1.29 is 43.2 Å². The third-order valence-electron chi connectivity index (χ3n) is 5.74. The predicted molar refractivity (Wildman–Crippen MR) is 133 cm³/mol. The summed E-state index contributed by atoms with van der Waals surface area (Å²) in [5.41, 5.74) is 2.35. The molecule has 37 heavy (non-hydrogen) atoms. The maximum atomic E-state index is 11.9. The minimum absolute atomic E-state index is 0.278. The number of carbonyl (C=O) groups is 3. The lowest BCUT2D eigenvalue weighted by Crippen LogP contribution is -2.58. The number of rotatable bonds is 9. The number of aliphatic hydroxyl groups is 1. The van der Waals surface area contributed by atoms with Gasteiger partial charge in [-0.1, -0.05) is 35.9 Å². The van der Waals surface area contributed by atoms with Gasteiger partial charge >= 0.3 is 17.9 Å². The van der Waals surface area contributed by atoms with Crippen LogP contribution in [0, 0.1) is 0 Å². The molecular weight excluding hydrogens is 504 g/mol. The Hall–Kier alpha value is -3.14. The molecule has 0 aromatic heterocycles. The second kappa shape index (κ2) is 12.9. The molecule has 1 aliphatic heterocycles. The van der Waals surface area contributed by atoms with Crippen LogP contribution in [0.5, 0.6) is 5.75 Å². The van der Waals surface area contributed by atoms with Gasteiger partial charge in [0.1, 0.15) is 30.7 Å². The number of hydrogen-bond donors (Lipinski definition) is 1. The predicted octanol–water partition coefficient (Wildman–Crippen LogP) is 3.56. The Morgan fingerprint density at radius 2 is 1.59 bits per heavy atom. The summed E-state index contributed by atoms with van der Waals surface area (Å²) in [5, 5.41) is 11.6. The molecule has 1 N–H and O–H groups in total. The van der Waals surface area contributed by atoms with E-state index in [1.165, 1.54) is 20.8 Å². The molecule has 200 valence electrons. The van der Waals surface area contributed by atoms with E-state index >= 15 is 0 Å². The van der Waals surface area contributed by atoms with E-state index in [-0.39, 0.29) is 6.61 Å². The smallest absolute Gasteiger partial charge is 0.303 e. The molecule has 1 fully saturated rings. The molecule has 5 atom stereocenters. The molecule has 3 rings (SSSR count). The zero-order chi connectivity index (χ0) is 27.1. The second-order valence-electron chi connectivity index (χ2n) is 8.64. The second-order valence-corrected chi connectivity index (χ2v) is 9.05. The molecule has 2 aromatic rings. The summed E-state index contributed by atoms with van der Waals surface area (Å²) in [5.74, 6) is -1.13. The highest BCUT2D eigenvalue weighted by Gasteiger charge is 2.49. The van der Waals surface area contributed by atoms with Crippen molar-refractivity contribution in [2.24, 2.45) is 0 Å². The number of esters is 3. The van der Waals surface area contributed by atoms with Gasteiger partial charge in [-0.2, -0.15) is 0 Å². The first-order chi connectivity index (χ1) is 17.6. The summed E-state index contributed by atoms with van der Waals surface area (Å²) >= 11 is 6.49. The number of ether oxygens (including phenoxy) is 5. The van der Waals surface area contributed by atoms with Crippen molar-refractivity contribution in [3.05, 3.63) is 64.2 Å². The number of carbonyl (C=O) groups excluding carboxylic acids is 3. The van der Waals surface area contributed by atoms with E-state index < -0.39 is 48.4 Å². The standard InChI is InChI=1S/C27H31ClO9/c1-5-33-21-9-6-18(7-10-21)12-20-13-19(8-11-22(20)28)25-27(36-17(4)31)24(32)26(35-16(3)30)23(37-25)14-34-15(2)29/h6-11,13,23-27,32H,5,12,14H2,1-4H3/t23-,24+,25+,26-,27-/m1/s1. The van der Waals surface area contributed by atoms with Gasteiger partial charge in [-0.25, -0.2) is 0 Å². The summed E-state index contributed by atoms with van der Waals surface area (Å²) in [6.07, 6.45) is -5.34. The molecule has 1 aliphatic rings. The van der Waals surface area contributed by atoms with E-state index in [2.05, 4.69) is 0 Å². The fourth-order valence-electron chi connectivity index (χ4n) is 4.19. The van der Waals surface area contributed by atoms with Crippen LogP contribution >= 0.6 is 11.6 Å². The first kappa shape index (κ1) is 28.4. The van der Waals surface area contributed by atoms with Crippen molar-refractivity contribution >= 4 is 29.5 Å². The highest BCUT2D eigenvalue weighted by Crippen LogP contribution is 2.37. The molecule has 1 saturated heterocycles. The monoisotopic (exact) mass is 534 g/mol. The Bertz CT molecular complexity index is 1100. The fourth-order valence-corrected chi connectivity index (χ4v) is 4.37. The zero-order valence-corrected chi connectivity index (χ0v) is 21.9. The summed E-state index contributed by atoms with van der Waals surface area (Å²) in [4.78, 5) is 35.0. The molecule has 1 heterocycles. The van der Waals surface area contributed by atoms with E-state index in [1.54, 1.807) is 12.1 Å². The Balaban J connectivity index is 1.94. The van der Waals surface area contributed by atoms with Gasteiger partial charge in [0.15, 0.2) is 12.2 Å². The topological polar surface area (TPSA) is 118 Å². The van der Waals surface area contributed by atoms with Gasteiger partial charge in [0, 0.05) is 25.8 Å². The molecule has 0 aliphatic carbocycles. The van der Waals surface area contributed by atoms with Gasteiger partial charge in [0.25, 0.3) is 0 Å². The van der Waals surface area contributed by atoms with Crippen LogP contribution in [0.15, 0.2) is 42.5 Å². The Morgan fingerprint density at radius 3 is 2.19 bits per heavy atom. The number of hydrogen-bond acceptors (Lipinski definition) is 9. The highest BCUT2D eigenvalue weighted by molar-refractivity contribution is 6.31. The first-order valence-corrected chi connectivity index (χ1v) is 12.3. The van der Waals surface area contributed by atoms with Gasteiger partial charge in [0.2, 0.25) is 0 Å². The maximum absolute atomic E-state index is 11.9. The average Bonchev–Trinajstić information content (AvgIpc) is 2.83. The van der Waals surface area contributed by atoms with Crippen molar-refractivity contribution in [1.82, 2.24) is 0 Å². The van der Waals surface area contributed by atoms with Crippen LogP contribution in [0.25, 0.3) is 0 Å². The molecule has 0 amide bonds. The molecular formula is C27H31ClO9. The average molecular weight is 535 g/mol. The van der Waals surface area contributed by atoms with E-state index in [1.807, 2.05) is 37.3 Å². The SMILES string of the molecule is CCOc1ccc(Cc2cc([C@@H]3O[C@H](COC(C)=O)[C@@H](OC(C)=O)[C@H](O)[C@H]3OC(C)=O)ccc2Cl)cc1. The van der Waals surface area contributed by atoms with Gasteiger partial charge in [-0.3, -0.25) is 14.4 Å². The van der Waals surface area contributed by atoms with Crippen molar-refractivity contribution in [2.75, 3.05) is 13.2 Å². The van der Waals surface area contributed by atoms with Gasteiger partial charge in [-0.05, 0) is 48.2 Å². The normalized spacial score (nSPS) is 23.1. The maximum Gasteiger partial charge on any atom is 0.303 e. The van der Waals surface area contributed by atoms with Crippen LogP contribution < -0.4 is 4.74 Å². The van der Waals surface area contributed by atoms with Gasteiger partial charge < -0.3 is 28.8 Å². The van der Waals surface area contributed by atoms with Crippen LogP contribution in [0.3, 0.4) is 0 Å². The summed E-state index contributed by atoms with van der Waals surface area (Å²) < 4.78 is 27.4. The van der Waals surface area contributed by atoms with Crippen LogP contribution in [0.4, 0.5) is 0 Å². The zero-order valence-electron chi connectivity index (χ0n) is 21.1. The summed E-state index contributed by atoms with van der Waals surface area (Å²) in [6, 6.07) is 12.8. The third-order valence-corrected chi connectivity index (χ3v) is 6.11.